The predicted octanol–water partition coefficient (Wildman–Crippen LogP) is 3.06. The van der Waals surface area contributed by atoms with Gasteiger partial charge in [0.25, 0.3) is 0 Å². The number of benzene rings is 2. The average molecular weight is 413 g/mol. The zero-order valence-electron chi connectivity index (χ0n) is 15.7. The van der Waals surface area contributed by atoms with Gasteiger partial charge in [0, 0.05) is 6.20 Å². The number of carbonyl (C=O) groups is 1. The van der Waals surface area contributed by atoms with E-state index in [1.165, 1.54) is 12.1 Å². The maximum Gasteiger partial charge on any atom is 0.244 e. The highest BCUT2D eigenvalue weighted by Gasteiger charge is 2.28. The fraction of sp³-hybridized carbons (Fsp3) is 0.143. The molecule has 2 aromatic carbocycles. The van der Waals surface area contributed by atoms with Crippen molar-refractivity contribution in [2.45, 2.75) is 24.3 Å². The van der Waals surface area contributed by atoms with Crippen LogP contribution in [0.2, 0.25) is 0 Å². The summed E-state index contributed by atoms with van der Waals surface area (Å²) >= 11 is 0. The number of aryl methyl sites for hydroxylation is 1. The van der Waals surface area contributed by atoms with Crippen LogP contribution in [0, 0.1) is 12.7 Å². The molecule has 29 heavy (non-hydrogen) atoms. The molecular weight excluding hydrogens is 393 g/mol. The molecule has 0 bridgehead atoms. The Kier molecular flexibility index (Phi) is 6.36. The normalized spacial score (nSPS) is 12.3. The highest BCUT2D eigenvalue weighted by Crippen LogP contribution is 2.16. The van der Waals surface area contributed by atoms with Crippen LogP contribution < -0.4 is 10.0 Å². The van der Waals surface area contributed by atoms with Gasteiger partial charge in [-0.1, -0.05) is 42.5 Å². The molecule has 3 aromatic rings. The molecule has 0 aliphatic heterocycles. The van der Waals surface area contributed by atoms with Crippen LogP contribution in [0.1, 0.15) is 11.1 Å². The van der Waals surface area contributed by atoms with Gasteiger partial charge >= 0.3 is 0 Å². The Hall–Kier alpha value is -3.10. The topological polar surface area (TPSA) is 88.2 Å². The van der Waals surface area contributed by atoms with Crippen LogP contribution in [0.4, 0.5) is 10.2 Å². The summed E-state index contributed by atoms with van der Waals surface area (Å²) in [5, 5.41) is 2.62. The van der Waals surface area contributed by atoms with Crippen LogP contribution in [0.5, 0.6) is 0 Å². The van der Waals surface area contributed by atoms with Crippen LogP contribution in [0.15, 0.2) is 77.8 Å². The first kappa shape index (κ1) is 20.6. The minimum absolute atomic E-state index is 0.0895. The van der Waals surface area contributed by atoms with E-state index in [2.05, 4.69) is 15.0 Å². The smallest absolute Gasteiger partial charge is 0.244 e. The number of nitrogens with one attached hydrogen (secondary N) is 2. The molecule has 2 N–H and O–H groups in total. The average Bonchev–Trinajstić information content (AvgIpc) is 2.68. The molecular formula is C21H20FN3O3S. The number of hydrogen-bond donors (Lipinski definition) is 2. The fourth-order valence-electron chi connectivity index (χ4n) is 2.77. The van der Waals surface area contributed by atoms with E-state index >= 15 is 0 Å². The maximum atomic E-state index is 14.0. The van der Waals surface area contributed by atoms with Crippen LogP contribution in [-0.2, 0) is 21.2 Å². The summed E-state index contributed by atoms with van der Waals surface area (Å²) in [6.45, 7) is 1.85. The van der Waals surface area contributed by atoms with E-state index in [0.29, 0.717) is 5.82 Å². The third kappa shape index (κ3) is 5.46. The molecule has 6 nitrogen and oxygen atoms in total. The minimum atomic E-state index is -4.26. The first-order valence-corrected chi connectivity index (χ1v) is 10.4. The molecule has 0 saturated carbocycles. The summed E-state index contributed by atoms with van der Waals surface area (Å²) in [4.78, 5) is 16.4. The lowest BCUT2D eigenvalue weighted by Gasteiger charge is -2.19. The molecule has 1 heterocycles. The lowest BCUT2D eigenvalue weighted by atomic mass is 10.1. The van der Waals surface area contributed by atoms with Crippen molar-refractivity contribution in [2.75, 3.05) is 5.32 Å². The Balaban J connectivity index is 1.88. The Morgan fingerprint density at radius 2 is 1.76 bits per heavy atom. The Bertz CT molecular complexity index is 1100. The zero-order valence-corrected chi connectivity index (χ0v) is 16.5. The van der Waals surface area contributed by atoms with E-state index < -0.39 is 32.7 Å². The highest BCUT2D eigenvalue weighted by molar-refractivity contribution is 7.89. The van der Waals surface area contributed by atoms with Crippen molar-refractivity contribution in [3.63, 3.8) is 0 Å². The van der Waals surface area contributed by atoms with Crippen molar-refractivity contribution in [3.8, 4) is 0 Å². The van der Waals surface area contributed by atoms with Crippen LogP contribution in [0.3, 0.4) is 0 Å². The molecule has 0 aliphatic carbocycles. The summed E-state index contributed by atoms with van der Waals surface area (Å²) in [7, 11) is -4.26. The second-order valence-corrected chi connectivity index (χ2v) is 8.18. The van der Waals surface area contributed by atoms with Crippen molar-refractivity contribution in [3.05, 3.63) is 89.9 Å². The summed E-state index contributed by atoms with van der Waals surface area (Å²) < 4.78 is 41.8. The summed E-state index contributed by atoms with van der Waals surface area (Å²) in [6, 6.07) is 16.3. The number of aromatic nitrogens is 1. The van der Waals surface area contributed by atoms with Crippen molar-refractivity contribution < 1.29 is 17.6 Å². The van der Waals surface area contributed by atoms with E-state index in [0.717, 1.165) is 23.3 Å². The molecule has 1 amide bonds. The van der Waals surface area contributed by atoms with Crippen molar-refractivity contribution >= 4 is 21.7 Å². The number of sulfonamides is 1. The number of rotatable bonds is 7. The SMILES string of the molecule is Cc1ccnc(NC(=O)C(Cc2ccccc2)NS(=O)(=O)c2ccccc2F)c1. The molecule has 8 heteroatoms. The second-order valence-electron chi connectivity index (χ2n) is 6.50. The third-order valence-corrected chi connectivity index (χ3v) is 5.69. The van der Waals surface area contributed by atoms with Gasteiger partial charge in [0.1, 0.15) is 22.6 Å². The first-order valence-electron chi connectivity index (χ1n) is 8.89. The molecule has 1 aromatic heterocycles. The number of anilines is 1. The fourth-order valence-corrected chi connectivity index (χ4v) is 4.04. The third-order valence-electron chi connectivity index (χ3n) is 4.19. The molecule has 0 saturated heterocycles. The molecule has 0 spiro atoms. The van der Waals surface area contributed by atoms with Gasteiger partial charge in [-0.2, -0.15) is 4.72 Å². The molecule has 1 unspecified atom stereocenters. The molecule has 0 aliphatic rings. The molecule has 1 atom stereocenters. The van der Waals surface area contributed by atoms with Crippen LogP contribution in [0.25, 0.3) is 0 Å². The van der Waals surface area contributed by atoms with Crippen LogP contribution in [-0.4, -0.2) is 25.4 Å². The van der Waals surface area contributed by atoms with Crippen molar-refractivity contribution in [2.24, 2.45) is 0 Å². The van der Waals surface area contributed by atoms with Gasteiger partial charge in [-0.15, -0.1) is 0 Å². The summed E-state index contributed by atoms with van der Waals surface area (Å²) in [6.07, 6.45) is 1.63. The van der Waals surface area contributed by atoms with Gasteiger partial charge in [0.15, 0.2) is 0 Å². The number of halogens is 1. The first-order chi connectivity index (χ1) is 13.8. The Labute approximate surface area is 168 Å². The number of nitrogens with zero attached hydrogens (tertiary/aromatic N) is 1. The zero-order chi connectivity index (χ0) is 20.9. The lowest BCUT2D eigenvalue weighted by Crippen LogP contribution is -2.45. The van der Waals surface area contributed by atoms with E-state index in [4.69, 9.17) is 0 Å². The van der Waals surface area contributed by atoms with Crippen molar-refractivity contribution in [1.82, 2.24) is 9.71 Å². The van der Waals surface area contributed by atoms with E-state index in [1.807, 2.05) is 13.0 Å². The summed E-state index contributed by atoms with van der Waals surface area (Å²) in [5.74, 6) is -1.18. The maximum absolute atomic E-state index is 14.0. The molecule has 3 rings (SSSR count). The van der Waals surface area contributed by atoms with Gasteiger partial charge < -0.3 is 5.32 Å². The Morgan fingerprint density at radius 3 is 2.45 bits per heavy atom. The largest absolute Gasteiger partial charge is 0.309 e. The lowest BCUT2D eigenvalue weighted by molar-refractivity contribution is -0.117. The number of hydrogen-bond acceptors (Lipinski definition) is 4. The van der Waals surface area contributed by atoms with Gasteiger partial charge in [0.2, 0.25) is 15.9 Å². The Morgan fingerprint density at radius 1 is 1.07 bits per heavy atom. The molecule has 0 fully saturated rings. The standard InChI is InChI=1S/C21H20FN3O3S/c1-15-11-12-23-20(13-15)24-21(26)18(14-16-7-3-2-4-8-16)25-29(27,28)19-10-6-5-9-17(19)22/h2-13,18,25H,14H2,1H3,(H,23,24,26). The van der Waals surface area contributed by atoms with Crippen LogP contribution >= 0.6 is 0 Å². The van der Waals surface area contributed by atoms with E-state index in [-0.39, 0.29) is 6.42 Å². The van der Waals surface area contributed by atoms with E-state index in [9.17, 15) is 17.6 Å². The van der Waals surface area contributed by atoms with Gasteiger partial charge in [-0.25, -0.2) is 17.8 Å². The number of amides is 1. The second kappa shape index (κ2) is 8.93. The predicted molar refractivity (Wildman–Crippen MR) is 108 cm³/mol. The van der Waals surface area contributed by atoms with Gasteiger partial charge in [-0.05, 0) is 48.7 Å². The van der Waals surface area contributed by atoms with Gasteiger partial charge in [-0.3, -0.25) is 4.79 Å². The monoisotopic (exact) mass is 413 g/mol. The van der Waals surface area contributed by atoms with Crippen molar-refractivity contribution in [1.29, 1.82) is 0 Å². The molecule has 150 valence electrons. The summed E-state index contributed by atoms with van der Waals surface area (Å²) in [5.41, 5.74) is 1.64. The molecule has 0 radical (unpaired) electrons. The van der Waals surface area contributed by atoms with E-state index in [1.54, 1.807) is 42.6 Å². The van der Waals surface area contributed by atoms with Gasteiger partial charge in [0.05, 0.1) is 0 Å². The number of carbonyl (C=O) groups excluding carboxylic acids is 1. The quantitative estimate of drug-likeness (QED) is 0.623. The number of pyridine rings is 1. The minimum Gasteiger partial charge on any atom is -0.309 e. The highest BCUT2D eigenvalue weighted by atomic mass is 32.2.